The Morgan fingerprint density at radius 1 is 1.36 bits per heavy atom. The van der Waals surface area contributed by atoms with Gasteiger partial charge in [0.2, 0.25) is 5.91 Å². The van der Waals surface area contributed by atoms with Crippen molar-refractivity contribution in [3.8, 4) is 0 Å². The van der Waals surface area contributed by atoms with Crippen LogP contribution in [0.25, 0.3) is 0 Å². The van der Waals surface area contributed by atoms with Gasteiger partial charge in [-0.05, 0) is 17.7 Å². The van der Waals surface area contributed by atoms with Crippen molar-refractivity contribution < 1.29 is 9.59 Å². The summed E-state index contributed by atoms with van der Waals surface area (Å²) in [7, 11) is 1.48. The van der Waals surface area contributed by atoms with Crippen LogP contribution < -0.4 is 5.73 Å². The lowest BCUT2D eigenvalue weighted by molar-refractivity contribution is -0.127. The molecule has 2 rings (SSSR count). The monoisotopic (exact) mass is 190 g/mol. The van der Waals surface area contributed by atoms with Crippen molar-refractivity contribution >= 4 is 17.5 Å². The van der Waals surface area contributed by atoms with Gasteiger partial charge in [-0.15, -0.1) is 0 Å². The van der Waals surface area contributed by atoms with Gasteiger partial charge in [0.1, 0.15) is 0 Å². The van der Waals surface area contributed by atoms with E-state index in [0.717, 1.165) is 10.5 Å². The third kappa shape index (κ3) is 1.16. The van der Waals surface area contributed by atoms with E-state index in [1.54, 1.807) is 18.2 Å². The summed E-state index contributed by atoms with van der Waals surface area (Å²) in [6.45, 7) is 0. The molecule has 0 spiro atoms. The average Bonchev–Trinajstić information content (AvgIpc) is 2.16. The first-order chi connectivity index (χ1) is 6.59. The molecule has 0 unspecified atom stereocenters. The molecule has 0 aliphatic carbocycles. The summed E-state index contributed by atoms with van der Waals surface area (Å²) in [5.74, 6) is -0.448. The normalized spacial score (nSPS) is 15.6. The number of anilines is 1. The molecule has 1 heterocycles. The molecule has 1 aromatic rings. The Balaban J connectivity index is 2.57. The highest BCUT2D eigenvalue weighted by Crippen LogP contribution is 2.20. The fourth-order valence-corrected chi connectivity index (χ4v) is 1.52. The Kier molecular flexibility index (Phi) is 1.77. The molecule has 4 heteroatoms. The van der Waals surface area contributed by atoms with E-state index in [0.29, 0.717) is 11.3 Å². The zero-order valence-corrected chi connectivity index (χ0v) is 7.78. The summed E-state index contributed by atoms with van der Waals surface area (Å²) >= 11 is 0. The molecule has 1 aromatic carbocycles. The highest BCUT2D eigenvalue weighted by molar-refractivity contribution is 6.09. The predicted octanol–water partition coefficient (Wildman–Crippen LogP) is 0.424. The molecular formula is C10H10N2O2. The Bertz CT molecular complexity index is 426. The average molecular weight is 190 g/mol. The minimum absolute atomic E-state index is 0.174. The fourth-order valence-electron chi connectivity index (χ4n) is 1.52. The Hall–Kier alpha value is -1.84. The van der Waals surface area contributed by atoms with E-state index in [9.17, 15) is 9.59 Å². The number of likely N-dealkylation sites (N-methyl/N-ethyl adjacent to an activating group) is 1. The molecule has 2 N–H and O–H groups in total. The first kappa shape index (κ1) is 8.74. The molecule has 2 amide bonds. The zero-order chi connectivity index (χ0) is 10.3. The van der Waals surface area contributed by atoms with Crippen molar-refractivity contribution in [1.82, 2.24) is 4.90 Å². The second-order valence-corrected chi connectivity index (χ2v) is 3.35. The van der Waals surface area contributed by atoms with Crippen LogP contribution in [0, 0.1) is 0 Å². The SMILES string of the molecule is CN1C(=O)Cc2ccc(N)cc2C1=O. The van der Waals surface area contributed by atoms with Gasteiger partial charge in [-0.3, -0.25) is 14.5 Å². The number of carbonyl (C=O) groups is 2. The van der Waals surface area contributed by atoms with Crippen LogP contribution >= 0.6 is 0 Å². The van der Waals surface area contributed by atoms with E-state index >= 15 is 0 Å². The van der Waals surface area contributed by atoms with Crippen molar-refractivity contribution in [3.05, 3.63) is 29.3 Å². The van der Waals surface area contributed by atoms with Gasteiger partial charge in [0.05, 0.1) is 6.42 Å². The summed E-state index contributed by atoms with van der Waals surface area (Å²) in [6.07, 6.45) is 0.276. The maximum Gasteiger partial charge on any atom is 0.260 e. The number of amides is 2. The van der Waals surface area contributed by atoms with E-state index < -0.39 is 0 Å². The molecule has 0 saturated carbocycles. The van der Waals surface area contributed by atoms with Crippen molar-refractivity contribution in [3.63, 3.8) is 0 Å². The van der Waals surface area contributed by atoms with Gasteiger partial charge in [0.25, 0.3) is 5.91 Å². The van der Waals surface area contributed by atoms with E-state index in [4.69, 9.17) is 5.73 Å². The Morgan fingerprint density at radius 3 is 2.79 bits per heavy atom. The number of imide groups is 1. The molecular weight excluding hydrogens is 180 g/mol. The van der Waals surface area contributed by atoms with Crippen LogP contribution in [0.4, 0.5) is 5.69 Å². The van der Waals surface area contributed by atoms with Crippen LogP contribution in [0.3, 0.4) is 0 Å². The first-order valence-corrected chi connectivity index (χ1v) is 4.29. The van der Waals surface area contributed by atoms with Crippen LogP contribution in [0.2, 0.25) is 0 Å². The summed E-state index contributed by atoms with van der Waals surface area (Å²) in [5, 5.41) is 0. The second kappa shape index (κ2) is 2.83. The van der Waals surface area contributed by atoms with Crippen LogP contribution in [0.1, 0.15) is 15.9 Å². The van der Waals surface area contributed by atoms with Crippen molar-refractivity contribution in [2.75, 3.05) is 12.8 Å². The quantitative estimate of drug-likeness (QED) is 0.476. The molecule has 14 heavy (non-hydrogen) atoms. The molecule has 0 radical (unpaired) electrons. The summed E-state index contributed by atoms with van der Waals surface area (Å²) in [4.78, 5) is 24.1. The lowest BCUT2D eigenvalue weighted by atomic mass is 9.98. The number of nitrogen functional groups attached to an aromatic ring is 1. The molecule has 4 nitrogen and oxygen atoms in total. The summed E-state index contributed by atoms with van der Waals surface area (Å²) in [6, 6.07) is 5.04. The molecule has 0 fully saturated rings. The number of fused-ring (bicyclic) bond motifs is 1. The minimum Gasteiger partial charge on any atom is -0.399 e. The zero-order valence-electron chi connectivity index (χ0n) is 7.78. The first-order valence-electron chi connectivity index (χ1n) is 4.29. The smallest absolute Gasteiger partial charge is 0.260 e. The Labute approximate surface area is 81.3 Å². The van der Waals surface area contributed by atoms with Crippen LogP contribution in [-0.4, -0.2) is 23.8 Å². The third-order valence-corrected chi connectivity index (χ3v) is 2.38. The highest BCUT2D eigenvalue weighted by Gasteiger charge is 2.27. The minimum atomic E-state index is -0.274. The van der Waals surface area contributed by atoms with Crippen LogP contribution in [0.15, 0.2) is 18.2 Å². The maximum absolute atomic E-state index is 11.6. The van der Waals surface area contributed by atoms with Gasteiger partial charge in [-0.2, -0.15) is 0 Å². The predicted molar refractivity (Wildman–Crippen MR) is 51.7 cm³/mol. The number of nitrogens with zero attached hydrogens (tertiary/aromatic N) is 1. The molecule has 1 aliphatic heterocycles. The van der Waals surface area contributed by atoms with Crippen molar-refractivity contribution in [2.24, 2.45) is 0 Å². The molecule has 0 bridgehead atoms. The number of carbonyl (C=O) groups excluding carboxylic acids is 2. The standard InChI is InChI=1S/C10H10N2O2/c1-12-9(13)4-6-2-3-7(11)5-8(6)10(12)14/h2-3,5H,4,11H2,1H3. The fraction of sp³-hybridized carbons (Fsp3) is 0.200. The van der Waals surface area contributed by atoms with Crippen LogP contribution in [0.5, 0.6) is 0 Å². The van der Waals surface area contributed by atoms with Gasteiger partial charge in [0.15, 0.2) is 0 Å². The van der Waals surface area contributed by atoms with Crippen molar-refractivity contribution in [1.29, 1.82) is 0 Å². The van der Waals surface area contributed by atoms with E-state index in [1.807, 2.05) is 0 Å². The lowest BCUT2D eigenvalue weighted by Crippen LogP contribution is -2.39. The van der Waals surface area contributed by atoms with E-state index in [2.05, 4.69) is 0 Å². The van der Waals surface area contributed by atoms with E-state index in [-0.39, 0.29) is 18.2 Å². The number of hydrogen-bond donors (Lipinski definition) is 1. The lowest BCUT2D eigenvalue weighted by Gasteiger charge is -2.23. The van der Waals surface area contributed by atoms with Gasteiger partial charge < -0.3 is 5.73 Å². The summed E-state index contributed by atoms with van der Waals surface area (Å²) in [5.41, 5.74) is 7.40. The Morgan fingerprint density at radius 2 is 2.07 bits per heavy atom. The largest absolute Gasteiger partial charge is 0.399 e. The maximum atomic E-state index is 11.6. The van der Waals surface area contributed by atoms with Crippen molar-refractivity contribution in [2.45, 2.75) is 6.42 Å². The summed E-state index contributed by atoms with van der Waals surface area (Å²) < 4.78 is 0. The van der Waals surface area contributed by atoms with Crippen LogP contribution in [-0.2, 0) is 11.2 Å². The molecule has 0 saturated heterocycles. The number of benzene rings is 1. The number of hydrogen-bond acceptors (Lipinski definition) is 3. The molecule has 0 aromatic heterocycles. The second-order valence-electron chi connectivity index (χ2n) is 3.35. The number of rotatable bonds is 0. The molecule has 72 valence electrons. The highest BCUT2D eigenvalue weighted by atomic mass is 16.2. The van der Waals surface area contributed by atoms with Gasteiger partial charge in [0, 0.05) is 18.3 Å². The molecule has 1 aliphatic rings. The third-order valence-electron chi connectivity index (χ3n) is 2.38. The number of nitrogens with two attached hydrogens (primary N) is 1. The van der Waals surface area contributed by atoms with Gasteiger partial charge >= 0.3 is 0 Å². The van der Waals surface area contributed by atoms with Gasteiger partial charge in [-0.25, -0.2) is 0 Å². The molecule has 0 atom stereocenters. The topological polar surface area (TPSA) is 63.4 Å². The van der Waals surface area contributed by atoms with E-state index in [1.165, 1.54) is 7.05 Å². The van der Waals surface area contributed by atoms with Gasteiger partial charge in [-0.1, -0.05) is 6.07 Å².